The number of halogens is 1. The molecule has 4 nitrogen and oxygen atoms in total. The summed E-state index contributed by atoms with van der Waals surface area (Å²) in [7, 11) is 1.60. The summed E-state index contributed by atoms with van der Waals surface area (Å²) in [5, 5.41) is 7.77. The number of H-pyrrole nitrogens is 1. The number of ether oxygens (including phenoxy) is 1. The summed E-state index contributed by atoms with van der Waals surface area (Å²) < 4.78 is 5.10. The van der Waals surface area contributed by atoms with E-state index in [1.54, 1.807) is 7.11 Å². The first-order chi connectivity index (χ1) is 9.72. The van der Waals surface area contributed by atoms with Gasteiger partial charge in [0.25, 0.3) is 0 Å². The number of aromatic nitrogens is 2. The highest BCUT2D eigenvalue weighted by atomic mass is 35.5. The number of fused-ring (bicyclic) bond motifs is 1. The molecule has 1 aromatic carbocycles. The summed E-state index contributed by atoms with van der Waals surface area (Å²) in [6, 6.07) is 7.53. The molecule has 0 spiro atoms. The number of aryl methyl sites for hydroxylation is 1. The van der Waals surface area contributed by atoms with Gasteiger partial charge in [-0.05, 0) is 24.5 Å². The lowest BCUT2D eigenvalue weighted by molar-refractivity contribution is 0.0941. The molecule has 0 aliphatic heterocycles. The molecule has 2 aromatic rings. The van der Waals surface area contributed by atoms with Crippen molar-refractivity contribution in [2.75, 3.05) is 7.11 Å². The van der Waals surface area contributed by atoms with Crippen LogP contribution >= 0.6 is 11.6 Å². The molecule has 1 aliphatic carbocycles. The van der Waals surface area contributed by atoms with E-state index in [2.05, 4.69) is 10.2 Å². The second-order valence-corrected chi connectivity index (χ2v) is 5.34. The third-order valence-corrected chi connectivity index (χ3v) is 4.07. The number of nitrogens with one attached hydrogen (secondary N) is 1. The maximum absolute atomic E-state index is 12.8. The van der Waals surface area contributed by atoms with E-state index in [-0.39, 0.29) is 11.7 Å². The molecule has 20 heavy (non-hydrogen) atoms. The number of ketones is 1. The van der Waals surface area contributed by atoms with Crippen LogP contribution in [0.25, 0.3) is 0 Å². The van der Waals surface area contributed by atoms with Crippen molar-refractivity contribution >= 4 is 17.4 Å². The number of carbonyl (C=O) groups is 1. The Morgan fingerprint density at radius 1 is 1.45 bits per heavy atom. The lowest BCUT2D eigenvalue weighted by Crippen LogP contribution is -2.21. The molecule has 3 rings (SSSR count). The SMILES string of the molecule is COCc1n[nH]c2c1C(=O)C(c1ccccc1Cl)CC2. The number of aromatic amines is 1. The number of carbonyl (C=O) groups excluding carboxylic acids is 1. The Balaban J connectivity index is 2.00. The predicted molar refractivity (Wildman–Crippen MR) is 76.1 cm³/mol. The Hall–Kier alpha value is -1.65. The topological polar surface area (TPSA) is 55.0 Å². The molecule has 0 saturated heterocycles. The smallest absolute Gasteiger partial charge is 0.174 e. The summed E-state index contributed by atoms with van der Waals surface area (Å²) >= 11 is 6.22. The summed E-state index contributed by atoms with van der Waals surface area (Å²) in [6.07, 6.45) is 1.55. The van der Waals surface area contributed by atoms with Gasteiger partial charge in [-0.3, -0.25) is 9.89 Å². The van der Waals surface area contributed by atoms with E-state index < -0.39 is 0 Å². The minimum atomic E-state index is -0.190. The summed E-state index contributed by atoms with van der Waals surface area (Å²) in [6.45, 7) is 0.340. The first kappa shape index (κ1) is 13.3. The minimum Gasteiger partial charge on any atom is -0.378 e. The van der Waals surface area contributed by atoms with Crippen LogP contribution in [0, 0.1) is 0 Å². The molecular weight excluding hydrogens is 276 g/mol. The van der Waals surface area contributed by atoms with Gasteiger partial charge >= 0.3 is 0 Å². The van der Waals surface area contributed by atoms with Gasteiger partial charge in [0.15, 0.2) is 5.78 Å². The molecule has 1 atom stereocenters. The summed E-state index contributed by atoms with van der Waals surface area (Å²) in [5.41, 5.74) is 3.17. The maximum Gasteiger partial charge on any atom is 0.174 e. The molecule has 0 amide bonds. The van der Waals surface area contributed by atoms with Crippen LogP contribution in [0.5, 0.6) is 0 Å². The van der Waals surface area contributed by atoms with Crippen LogP contribution in [0.2, 0.25) is 5.02 Å². The van der Waals surface area contributed by atoms with Crippen molar-refractivity contribution in [2.45, 2.75) is 25.4 Å². The van der Waals surface area contributed by atoms with Crippen LogP contribution in [-0.2, 0) is 17.8 Å². The predicted octanol–water partition coefficient (Wildman–Crippen LogP) is 3.12. The number of hydrogen-bond acceptors (Lipinski definition) is 3. The molecule has 1 aliphatic rings. The van der Waals surface area contributed by atoms with Gasteiger partial charge in [0.05, 0.1) is 17.9 Å². The zero-order valence-corrected chi connectivity index (χ0v) is 11.9. The molecule has 1 aromatic heterocycles. The van der Waals surface area contributed by atoms with Crippen molar-refractivity contribution in [2.24, 2.45) is 0 Å². The zero-order valence-electron chi connectivity index (χ0n) is 11.1. The number of nitrogens with zero attached hydrogens (tertiary/aromatic N) is 1. The lowest BCUT2D eigenvalue weighted by atomic mass is 9.81. The number of hydrogen-bond donors (Lipinski definition) is 1. The first-order valence-electron chi connectivity index (χ1n) is 6.56. The fraction of sp³-hybridized carbons (Fsp3) is 0.333. The standard InChI is InChI=1S/C15H15ClN2O2/c1-20-8-13-14-12(17-18-13)7-6-10(15(14)19)9-4-2-3-5-11(9)16/h2-5,10H,6-8H2,1H3,(H,17,18). The van der Waals surface area contributed by atoms with Crippen LogP contribution in [0.3, 0.4) is 0 Å². The lowest BCUT2D eigenvalue weighted by Gasteiger charge is -2.22. The maximum atomic E-state index is 12.8. The molecule has 1 unspecified atom stereocenters. The first-order valence-corrected chi connectivity index (χ1v) is 6.94. The van der Waals surface area contributed by atoms with Gasteiger partial charge in [-0.2, -0.15) is 5.10 Å². The van der Waals surface area contributed by atoms with Gasteiger partial charge in [-0.25, -0.2) is 0 Å². The van der Waals surface area contributed by atoms with Gasteiger partial charge in [0.1, 0.15) is 0 Å². The monoisotopic (exact) mass is 290 g/mol. The summed E-state index contributed by atoms with van der Waals surface area (Å²) in [4.78, 5) is 12.8. The van der Waals surface area contributed by atoms with Crippen LogP contribution in [0.15, 0.2) is 24.3 Å². The Morgan fingerprint density at radius 3 is 3.00 bits per heavy atom. The van der Waals surface area contributed by atoms with Crippen LogP contribution in [0.1, 0.15) is 39.6 Å². The van der Waals surface area contributed by atoms with E-state index in [9.17, 15) is 4.79 Å². The van der Waals surface area contributed by atoms with E-state index >= 15 is 0 Å². The molecule has 0 fully saturated rings. The number of rotatable bonds is 3. The highest BCUT2D eigenvalue weighted by Gasteiger charge is 2.33. The normalized spacial score (nSPS) is 18.1. The number of methoxy groups -OCH3 is 1. The van der Waals surface area contributed by atoms with Crippen molar-refractivity contribution in [1.29, 1.82) is 0 Å². The van der Waals surface area contributed by atoms with Gasteiger partial charge in [-0.15, -0.1) is 0 Å². The molecular formula is C15H15ClN2O2. The van der Waals surface area contributed by atoms with Crippen molar-refractivity contribution in [3.63, 3.8) is 0 Å². The second kappa shape index (κ2) is 5.38. The van der Waals surface area contributed by atoms with Crippen molar-refractivity contribution < 1.29 is 9.53 Å². The molecule has 0 radical (unpaired) electrons. The van der Waals surface area contributed by atoms with Gasteiger partial charge < -0.3 is 4.74 Å². The number of Topliss-reactive ketones (excluding diaryl/α,β-unsaturated/α-hetero) is 1. The van der Waals surface area contributed by atoms with E-state index in [0.29, 0.717) is 22.9 Å². The highest BCUT2D eigenvalue weighted by Crippen LogP contribution is 2.36. The van der Waals surface area contributed by atoms with Crippen LogP contribution < -0.4 is 0 Å². The third-order valence-electron chi connectivity index (χ3n) is 3.72. The van der Waals surface area contributed by atoms with Gasteiger partial charge in [0.2, 0.25) is 0 Å². The van der Waals surface area contributed by atoms with Crippen molar-refractivity contribution in [3.05, 3.63) is 51.8 Å². The zero-order chi connectivity index (χ0) is 14.1. The molecule has 1 heterocycles. The Bertz CT molecular complexity index is 651. The quantitative estimate of drug-likeness (QED) is 0.945. The van der Waals surface area contributed by atoms with Crippen LogP contribution in [-0.4, -0.2) is 23.1 Å². The fourth-order valence-corrected chi connectivity index (χ4v) is 3.05. The van der Waals surface area contributed by atoms with Crippen molar-refractivity contribution in [1.82, 2.24) is 10.2 Å². The third kappa shape index (κ3) is 2.15. The Labute approximate surface area is 122 Å². The Morgan fingerprint density at radius 2 is 2.25 bits per heavy atom. The molecule has 0 bridgehead atoms. The van der Waals surface area contributed by atoms with Crippen LogP contribution in [0.4, 0.5) is 0 Å². The van der Waals surface area contributed by atoms with Crippen molar-refractivity contribution in [3.8, 4) is 0 Å². The minimum absolute atomic E-state index is 0.0835. The fourth-order valence-electron chi connectivity index (χ4n) is 2.78. The second-order valence-electron chi connectivity index (χ2n) is 4.93. The van der Waals surface area contributed by atoms with E-state index in [0.717, 1.165) is 24.1 Å². The van der Waals surface area contributed by atoms with E-state index in [1.807, 2.05) is 24.3 Å². The molecule has 1 N–H and O–H groups in total. The Kier molecular flexibility index (Phi) is 3.59. The number of benzene rings is 1. The largest absolute Gasteiger partial charge is 0.378 e. The van der Waals surface area contributed by atoms with E-state index in [4.69, 9.17) is 16.3 Å². The van der Waals surface area contributed by atoms with Gasteiger partial charge in [0, 0.05) is 23.7 Å². The van der Waals surface area contributed by atoms with E-state index in [1.165, 1.54) is 0 Å². The summed E-state index contributed by atoms with van der Waals surface area (Å²) in [5.74, 6) is -0.107. The van der Waals surface area contributed by atoms with Gasteiger partial charge in [-0.1, -0.05) is 29.8 Å². The highest BCUT2D eigenvalue weighted by molar-refractivity contribution is 6.31. The average molecular weight is 291 g/mol. The average Bonchev–Trinajstić information content (AvgIpc) is 2.85. The molecule has 5 heteroatoms. The molecule has 104 valence electrons. The molecule has 0 saturated carbocycles.